The minimum atomic E-state index is -4.77. The van der Waals surface area contributed by atoms with E-state index in [2.05, 4.69) is 92.1 Å². The van der Waals surface area contributed by atoms with Crippen molar-refractivity contribution in [1.29, 1.82) is 0 Å². The molecule has 11 nitrogen and oxygen atoms in total. The molecule has 4 N–H and O–H groups in total. The fourth-order valence-corrected chi connectivity index (χ4v) is 7.16. The number of amides is 1. The van der Waals surface area contributed by atoms with Crippen LogP contribution in [0.4, 0.5) is 0 Å². The van der Waals surface area contributed by atoms with Crippen LogP contribution in [0.25, 0.3) is 0 Å². The van der Waals surface area contributed by atoms with Crippen LogP contribution in [0.2, 0.25) is 0 Å². The zero-order valence-corrected chi connectivity index (χ0v) is 40.3. The van der Waals surface area contributed by atoms with Gasteiger partial charge in [0.2, 0.25) is 5.91 Å². The van der Waals surface area contributed by atoms with Crippen LogP contribution in [-0.2, 0) is 32.7 Å². The summed E-state index contributed by atoms with van der Waals surface area (Å²) in [5.41, 5.74) is 0. The van der Waals surface area contributed by atoms with Crippen LogP contribution < -0.4 is 5.32 Å². The molecule has 0 aromatic carbocycles. The van der Waals surface area contributed by atoms with Gasteiger partial charge in [-0.1, -0.05) is 170 Å². The van der Waals surface area contributed by atoms with Crippen LogP contribution in [-0.4, -0.2) is 64.9 Å². The molecule has 0 saturated heterocycles. The highest BCUT2D eigenvalue weighted by Crippen LogP contribution is 2.43. The number of phosphoric acid groups is 1. The van der Waals surface area contributed by atoms with E-state index in [-0.39, 0.29) is 12.8 Å². The highest BCUT2D eigenvalue weighted by molar-refractivity contribution is 7.47. The van der Waals surface area contributed by atoms with E-state index in [0.717, 1.165) is 96.3 Å². The van der Waals surface area contributed by atoms with Crippen molar-refractivity contribution in [3.8, 4) is 0 Å². The predicted molar refractivity (Wildman–Crippen MR) is 258 cm³/mol. The summed E-state index contributed by atoms with van der Waals surface area (Å²) in [5, 5.41) is 21.9. The van der Waals surface area contributed by atoms with Crippen molar-refractivity contribution in [3.05, 3.63) is 72.9 Å². The van der Waals surface area contributed by atoms with Gasteiger partial charge in [0.15, 0.2) is 6.04 Å². The average molecular weight is 906 g/mol. The second-order valence-corrected chi connectivity index (χ2v) is 17.7. The van der Waals surface area contributed by atoms with Crippen LogP contribution >= 0.6 is 7.82 Å². The Morgan fingerprint density at radius 2 is 0.873 bits per heavy atom. The van der Waals surface area contributed by atoms with Gasteiger partial charge in [0.05, 0.1) is 13.2 Å². The van der Waals surface area contributed by atoms with Gasteiger partial charge in [0.25, 0.3) is 0 Å². The molecule has 0 aliphatic carbocycles. The van der Waals surface area contributed by atoms with Crippen molar-refractivity contribution in [2.75, 3.05) is 19.8 Å². The first-order valence-corrected chi connectivity index (χ1v) is 26.0. The van der Waals surface area contributed by atoms with Gasteiger partial charge in [-0.2, -0.15) is 0 Å². The molecule has 0 rings (SSSR count). The Hall–Kier alpha value is -3.08. The molecule has 0 aliphatic heterocycles. The molecule has 0 aromatic rings. The first-order chi connectivity index (χ1) is 30.6. The lowest BCUT2D eigenvalue weighted by molar-refractivity contribution is -0.147. The van der Waals surface area contributed by atoms with Gasteiger partial charge in [0, 0.05) is 12.8 Å². The fraction of sp³-hybridized carbons (Fsp3) is 0.706. The third kappa shape index (κ3) is 45.3. The number of ether oxygens (including phenoxy) is 1. The molecular weight excluding hydrogens is 818 g/mol. The molecule has 12 heteroatoms. The Kier molecular flexibility index (Phi) is 43.3. The number of carboxylic acid groups (broad SMARTS) is 1. The summed E-state index contributed by atoms with van der Waals surface area (Å²) in [4.78, 5) is 46.1. The van der Waals surface area contributed by atoms with Crippen LogP contribution in [0.5, 0.6) is 0 Å². The molecule has 1 amide bonds. The number of carbonyl (C=O) groups is 3. The maximum atomic E-state index is 12.3. The summed E-state index contributed by atoms with van der Waals surface area (Å²) in [7, 11) is -4.77. The summed E-state index contributed by atoms with van der Waals surface area (Å²) < 4.78 is 26.9. The first kappa shape index (κ1) is 59.9. The molecule has 0 spiro atoms. The highest BCUT2D eigenvalue weighted by atomic mass is 31.2. The predicted octanol–water partition coefficient (Wildman–Crippen LogP) is 13.3. The summed E-state index contributed by atoms with van der Waals surface area (Å²) >= 11 is 0. The van der Waals surface area contributed by atoms with Gasteiger partial charge >= 0.3 is 19.8 Å². The van der Waals surface area contributed by atoms with Crippen LogP contribution in [0.3, 0.4) is 0 Å². The normalized spacial score (nSPS) is 14.2. The number of nitrogens with one attached hydrogen (secondary N) is 1. The minimum Gasteiger partial charge on any atom is -0.480 e. The largest absolute Gasteiger partial charge is 0.480 e. The van der Waals surface area contributed by atoms with Gasteiger partial charge < -0.3 is 25.2 Å². The van der Waals surface area contributed by atoms with E-state index in [1.54, 1.807) is 0 Å². The average Bonchev–Trinajstić information content (AvgIpc) is 3.26. The molecule has 3 unspecified atom stereocenters. The molecule has 3 atom stereocenters. The number of rotatable bonds is 45. The number of unbranched alkanes of at least 4 members (excludes halogenated alkanes) is 19. The molecule has 362 valence electrons. The topological polar surface area (TPSA) is 169 Å². The lowest BCUT2D eigenvalue weighted by atomic mass is 10.1. The number of aliphatic hydroxyl groups is 1. The van der Waals surface area contributed by atoms with Crippen molar-refractivity contribution in [2.45, 2.75) is 212 Å². The maximum absolute atomic E-state index is 12.3. The second kappa shape index (κ2) is 45.5. The van der Waals surface area contributed by atoms with Crippen molar-refractivity contribution in [2.24, 2.45) is 0 Å². The standard InChI is InChI=1S/C51H88NO10P/c1-3-5-7-9-11-13-15-17-19-21-23-24-25-27-29-31-33-35-37-39-41-43-50(55)60-44-47(53)45-61-63(58,59)62-46-48(51(56)57)52-49(54)42-40-38-36-34-32-30-28-26-22-20-18-16-14-12-10-8-6-4-2/h11,13-14,16-17,19-20,22-24,27,29,47-48,53H,3-10,12,15,18,21,25-26,28,30-46H2,1-2H3,(H,52,54)(H,56,57)(H,58,59)/b13-11-,16-14-,19-17-,22-20-,24-23-,29-27-. The smallest absolute Gasteiger partial charge is 0.472 e. The SMILES string of the molecule is CCCCC/C=C\C/C=C\C/C=C\C/C=C\CCCCCCCC(=O)OCC(O)COP(=O)(O)OCC(NC(=O)CCCCCCCCC/C=C\C/C=C\CCCCCC)C(=O)O. The Labute approximate surface area is 382 Å². The van der Waals surface area contributed by atoms with Crippen molar-refractivity contribution in [1.82, 2.24) is 5.32 Å². The lowest BCUT2D eigenvalue weighted by Crippen LogP contribution is -2.43. The van der Waals surface area contributed by atoms with Gasteiger partial charge in [0.1, 0.15) is 12.7 Å². The number of hydrogen-bond donors (Lipinski definition) is 4. The Morgan fingerprint density at radius 3 is 1.33 bits per heavy atom. The van der Waals surface area contributed by atoms with Gasteiger partial charge in [-0.3, -0.25) is 18.6 Å². The van der Waals surface area contributed by atoms with Gasteiger partial charge in [-0.05, 0) is 89.9 Å². The molecular formula is C51H88NO10P. The summed E-state index contributed by atoms with van der Waals surface area (Å²) in [6.07, 6.45) is 54.8. The zero-order chi connectivity index (χ0) is 46.3. The number of carbonyl (C=O) groups excluding carboxylic acids is 2. The first-order valence-electron chi connectivity index (χ1n) is 24.5. The van der Waals surface area contributed by atoms with Crippen molar-refractivity contribution in [3.63, 3.8) is 0 Å². The Balaban J connectivity index is 3.91. The molecule has 0 fully saturated rings. The lowest BCUT2D eigenvalue weighted by Gasteiger charge is -2.18. The number of allylic oxidation sites excluding steroid dienone is 12. The number of aliphatic carboxylic acids is 1. The van der Waals surface area contributed by atoms with Gasteiger partial charge in [-0.15, -0.1) is 0 Å². The van der Waals surface area contributed by atoms with Crippen molar-refractivity contribution < 1.29 is 47.8 Å². The third-order valence-electron chi connectivity index (χ3n) is 10.2. The Morgan fingerprint density at radius 1 is 0.508 bits per heavy atom. The number of carboxylic acids is 1. The van der Waals surface area contributed by atoms with E-state index in [1.807, 2.05) is 0 Å². The molecule has 0 aliphatic rings. The number of aliphatic hydroxyl groups excluding tert-OH is 1. The second-order valence-electron chi connectivity index (χ2n) is 16.3. The monoisotopic (exact) mass is 906 g/mol. The molecule has 0 heterocycles. The molecule has 0 aromatic heterocycles. The van der Waals surface area contributed by atoms with E-state index in [9.17, 15) is 34.1 Å². The molecule has 0 radical (unpaired) electrons. The van der Waals surface area contributed by atoms with E-state index in [4.69, 9.17) is 13.8 Å². The molecule has 0 bridgehead atoms. The fourth-order valence-electron chi connectivity index (χ4n) is 6.39. The van der Waals surface area contributed by atoms with Crippen LogP contribution in [0, 0.1) is 0 Å². The van der Waals surface area contributed by atoms with E-state index < -0.39 is 57.6 Å². The van der Waals surface area contributed by atoms with Crippen molar-refractivity contribution >= 4 is 25.7 Å². The summed E-state index contributed by atoms with van der Waals surface area (Å²) in [5.74, 6) is -2.41. The molecule has 0 saturated carbocycles. The molecule has 63 heavy (non-hydrogen) atoms. The third-order valence-corrected chi connectivity index (χ3v) is 11.2. The maximum Gasteiger partial charge on any atom is 0.472 e. The minimum absolute atomic E-state index is 0.132. The summed E-state index contributed by atoms with van der Waals surface area (Å²) in [6.45, 7) is 2.53. The van der Waals surface area contributed by atoms with E-state index in [1.165, 1.54) is 64.2 Å². The zero-order valence-electron chi connectivity index (χ0n) is 39.4. The summed E-state index contributed by atoms with van der Waals surface area (Å²) in [6, 6.07) is -1.56. The Bertz CT molecular complexity index is 1340. The van der Waals surface area contributed by atoms with E-state index in [0.29, 0.717) is 12.8 Å². The highest BCUT2D eigenvalue weighted by Gasteiger charge is 2.28. The quantitative estimate of drug-likeness (QED) is 0.0200. The van der Waals surface area contributed by atoms with E-state index >= 15 is 0 Å². The van der Waals surface area contributed by atoms with Crippen LogP contribution in [0.1, 0.15) is 200 Å². The number of hydrogen-bond acceptors (Lipinski definition) is 8. The number of phosphoric ester groups is 1. The van der Waals surface area contributed by atoms with Gasteiger partial charge in [-0.25, -0.2) is 9.36 Å². The number of esters is 1. The van der Waals surface area contributed by atoms with Crippen LogP contribution in [0.15, 0.2) is 72.9 Å².